The summed E-state index contributed by atoms with van der Waals surface area (Å²) >= 11 is 0. The third kappa shape index (κ3) is 5.12. The van der Waals surface area contributed by atoms with Gasteiger partial charge in [0.1, 0.15) is 5.75 Å². The highest BCUT2D eigenvalue weighted by Crippen LogP contribution is 2.29. The van der Waals surface area contributed by atoms with Crippen LogP contribution in [0, 0.1) is 0 Å². The van der Waals surface area contributed by atoms with Crippen molar-refractivity contribution in [2.24, 2.45) is 0 Å². The van der Waals surface area contributed by atoms with E-state index in [4.69, 9.17) is 14.2 Å². The standard InChI is InChI=1S/C24H29NO5/c1-28-20-10-7-17(8-11-20)14-24(27)25-13-5-4-6-19(25)16-21(26)18-9-12-22(29-2)23(15-18)30-3/h7-12,15,19H,4-6,13-14,16H2,1-3H3/t19-/m1/s1. The molecule has 1 saturated heterocycles. The number of methoxy groups -OCH3 is 3. The second kappa shape index (κ2) is 10.1. The average Bonchev–Trinajstić information content (AvgIpc) is 2.79. The summed E-state index contributed by atoms with van der Waals surface area (Å²) in [5.74, 6) is 1.94. The topological polar surface area (TPSA) is 65.1 Å². The van der Waals surface area contributed by atoms with Gasteiger partial charge in [-0.25, -0.2) is 0 Å². The molecule has 0 radical (unpaired) electrons. The molecule has 6 nitrogen and oxygen atoms in total. The molecular weight excluding hydrogens is 382 g/mol. The zero-order valence-electron chi connectivity index (χ0n) is 17.8. The number of amides is 1. The van der Waals surface area contributed by atoms with Crippen molar-refractivity contribution in [1.82, 2.24) is 4.90 Å². The van der Waals surface area contributed by atoms with E-state index in [-0.39, 0.29) is 17.7 Å². The first kappa shape index (κ1) is 21.7. The fraction of sp³-hybridized carbons (Fsp3) is 0.417. The van der Waals surface area contributed by atoms with E-state index in [1.807, 2.05) is 29.2 Å². The molecule has 0 saturated carbocycles. The largest absolute Gasteiger partial charge is 0.497 e. The van der Waals surface area contributed by atoms with E-state index >= 15 is 0 Å². The van der Waals surface area contributed by atoms with Crippen molar-refractivity contribution in [2.45, 2.75) is 38.1 Å². The van der Waals surface area contributed by atoms with E-state index in [2.05, 4.69) is 0 Å². The van der Waals surface area contributed by atoms with Crippen LogP contribution < -0.4 is 14.2 Å². The van der Waals surface area contributed by atoms with Crippen LogP contribution in [0.4, 0.5) is 0 Å². The minimum absolute atomic E-state index is 0.00472. The SMILES string of the molecule is COc1ccc(CC(=O)N2CCCC[C@@H]2CC(=O)c2ccc(OC)c(OC)c2)cc1. The number of ketones is 1. The lowest BCUT2D eigenvalue weighted by Gasteiger charge is -2.35. The fourth-order valence-electron chi connectivity index (χ4n) is 3.90. The maximum atomic E-state index is 13.0. The fourth-order valence-corrected chi connectivity index (χ4v) is 3.90. The number of hydrogen-bond acceptors (Lipinski definition) is 5. The summed E-state index contributed by atoms with van der Waals surface area (Å²) in [6, 6.07) is 12.6. The molecule has 3 rings (SSSR count). The molecule has 6 heteroatoms. The van der Waals surface area contributed by atoms with Gasteiger partial charge in [-0.05, 0) is 55.2 Å². The maximum Gasteiger partial charge on any atom is 0.227 e. The minimum atomic E-state index is -0.0786. The third-order valence-electron chi connectivity index (χ3n) is 5.59. The number of rotatable bonds is 8. The van der Waals surface area contributed by atoms with Gasteiger partial charge in [0.15, 0.2) is 17.3 Å². The third-order valence-corrected chi connectivity index (χ3v) is 5.59. The van der Waals surface area contributed by atoms with Crippen LogP contribution in [0.1, 0.15) is 41.6 Å². The van der Waals surface area contributed by atoms with Crippen LogP contribution >= 0.6 is 0 Å². The number of benzene rings is 2. The van der Waals surface area contributed by atoms with E-state index < -0.39 is 0 Å². The van der Waals surface area contributed by atoms with E-state index in [0.29, 0.717) is 36.4 Å². The Kier molecular flexibility index (Phi) is 7.33. The van der Waals surface area contributed by atoms with Gasteiger partial charge in [0.05, 0.1) is 27.8 Å². The summed E-state index contributed by atoms with van der Waals surface area (Å²) in [6.07, 6.45) is 3.47. The van der Waals surface area contributed by atoms with Crippen molar-refractivity contribution in [3.8, 4) is 17.2 Å². The molecule has 0 unspecified atom stereocenters. The van der Waals surface area contributed by atoms with Crippen molar-refractivity contribution >= 4 is 11.7 Å². The summed E-state index contributed by atoms with van der Waals surface area (Å²) in [6.45, 7) is 0.693. The summed E-state index contributed by atoms with van der Waals surface area (Å²) in [4.78, 5) is 27.8. The normalized spacial score (nSPS) is 16.1. The van der Waals surface area contributed by atoms with Gasteiger partial charge in [-0.1, -0.05) is 12.1 Å². The number of likely N-dealkylation sites (tertiary alicyclic amines) is 1. The first-order valence-corrected chi connectivity index (χ1v) is 10.2. The Bertz CT molecular complexity index is 878. The minimum Gasteiger partial charge on any atom is -0.497 e. The molecule has 1 aliphatic heterocycles. The molecule has 0 N–H and O–H groups in total. The molecule has 0 spiro atoms. The first-order valence-electron chi connectivity index (χ1n) is 10.2. The zero-order valence-corrected chi connectivity index (χ0v) is 17.8. The summed E-state index contributed by atoms with van der Waals surface area (Å²) < 4.78 is 15.7. The Morgan fingerprint density at radius 3 is 2.33 bits per heavy atom. The zero-order chi connectivity index (χ0) is 21.5. The average molecular weight is 411 g/mol. The molecule has 160 valence electrons. The van der Waals surface area contributed by atoms with Crippen LogP contribution in [0.5, 0.6) is 17.2 Å². The number of carbonyl (C=O) groups excluding carboxylic acids is 2. The predicted molar refractivity (Wildman–Crippen MR) is 115 cm³/mol. The molecule has 1 fully saturated rings. The summed E-state index contributed by atoms with van der Waals surface area (Å²) in [5.41, 5.74) is 1.51. The molecule has 1 heterocycles. The van der Waals surface area contributed by atoms with Crippen LogP contribution in [-0.2, 0) is 11.2 Å². The summed E-state index contributed by atoms with van der Waals surface area (Å²) in [5, 5.41) is 0. The number of hydrogen-bond donors (Lipinski definition) is 0. The van der Waals surface area contributed by atoms with Gasteiger partial charge in [0.25, 0.3) is 0 Å². The van der Waals surface area contributed by atoms with E-state index in [9.17, 15) is 9.59 Å². The van der Waals surface area contributed by atoms with E-state index in [1.165, 1.54) is 0 Å². The van der Waals surface area contributed by atoms with Crippen molar-refractivity contribution in [3.63, 3.8) is 0 Å². The predicted octanol–water partition coefficient (Wildman–Crippen LogP) is 3.91. The number of nitrogens with zero attached hydrogens (tertiary/aromatic N) is 1. The van der Waals surface area contributed by atoms with Crippen LogP contribution in [0.2, 0.25) is 0 Å². The van der Waals surface area contributed by atoms with Gasteiger partial charge in [0, 0.05) is 24.6 Å². The van der Waals surface area contributed by atoms with Gasteiger partial charge in [0.2, 0.25) is 5.91 Å². The highest BCUT2D eigenvalue weighted by molar-refractivity contribution is 5.97. The summed E-state index contributed by atoms with van der Waals surface area (Å²) in [7, 11) is 4.73. The number of piperidine rings is 1. The van der Waals surface area contributed by atoms with Gasteiger partial charge in [-0.2, -0.15) is 0 Å². The Hall–Kier alpha value is -3.02. The second-order valence-electron chi connectivity index (χ2n) is 7.46. The van der Waals surface area contributed by atoms with Crippen molar-refractivity contribution < 1.29 is 23.8 Å². The van der Waals surface area contributed by atoms with E-state index in [0.717, 1.165) is 30.6 Å². The van der Waals surface area contributed by atoms with Gasteiger partial charge < -0.3 is 19.1 Å². The monoisotopic (exact) mass is 411 g/mol. The van der Waals surface area contributed by atoms with Crippen LogP contribution in [0.15, 0.2) is 42.5 Å². The molecule has 0 aliphatic carbocycles. The number of ether oxygens (including phenoxy) is 3. The van der Waals surface area contributed by atoms with Crippen LogP contribution in [-0.4, -0.2) is 50.5 Å². The number of Topliss-reactive ketones (excluding diaryl/α,β-unsaturated/α-hetero) is 1. The smallest absolute Gasteiger partial charge is 0.227 e. The molecule has 2 aromatic carbocycles. The van der Waals surface area contributed by atoms with Crippen molar-refractivity contribution in [1.29, 1.82) is 0 Å². The Balaban J connectivity index is 1.68. The molecule has 1 atom stereocenters. The van der Waals surface area contributed by atoms with Crippen LogP contribution in [0.3, 0.4) is 0 Å². The second-order valence-corrected chi connectivity index (χ2v) is 7.46. The lowest BCUT2D eigenvalue weighted by molar-refractivity contribution is -0.134. The quantitative estimate of drug-likeness (QED) is 0.616. The highest BCUT2D eigenvalue weighted by atomic mass is 16.5. The first-order chi connectivity index (χ1) is 14.5. The van der Waals surface area contributed by atoms with Gasteiger partial charge in [-0.3, -0.25) is 9.59 Å². The lowest BCUT2D eigenvalue weighted by atomic mass is 9.94. The van der Waals surface area contributed by atoms with Crippen molar-refractivity contribution in [2.75, 3.05) is 27.9 Å². The Labute approximate surface area is 177 Å². The molecule has 0 aromatic heterocycles. The Morgan fingerprint density at radius 1 is 0.933 bits per heavy atom. The maximum absolute atomic E-state index is 13.0. The van der Waals surface area contributed by atoms with Gasteiger partial charge >= 0.3 is 0 Å². The highest BCUT2D eigenvalue weighted by Gasteiger charge is 2.29. The molecule has 2 aromatic rings. The lowest BCUT2D eigenvalue weighted by Crippen LogP contribution is -2.45. The van der Waals surface area contributed by atoms with E-state index in [1.54, 1.807) is 39.5 Å². The molecule has 30 heavy (non-hydrogen) atoms. The van der Waals surface area contributed by atoms with Gasteiger partial charge in [-0.15, -0.1) is 0 Å². The Morgan fingerprint density at radius 2 is 1.67 bits per heavy atom. The van der Waals surface area contributed by atoms with Crippen LogP contribution in [0.25, 0.3) is 0 Å². The molecule has 1 aliphatic rings. The molecule has 0 bridgehead atoms. The number of carbonyl (C=O) groups is 2. The van der Waals surface area contributed by atoms with Crippen molar-refractivity contribution in [3.05, 3.63) is 53.6 Å². The molecular formula is C24H29NO5. The molecule has 1 amide bonds.